The molecule has 2 rings (SSSR count). The summed E-state index contributed by atoms with van der Waals surface area (Å²) in [5.74, 6) is 0.129. The van der Waals surface area contributed by atoms with Crippen molar-refractivity contribution in [2.75, 3.05) is 0 Å². The first-order chi connectivity index (χ1) is 21.9. The zero-order valence-electron chi connectivity index (χ0n) is 31.1. The monoisotopic (exact) mass is 690 g/mol. The molecule has 0 spiro atoms. The van der Waals surface area contributed by atoms with Gasteiger partial charge in [0.2, 0.25) is 0 Å². The summed E-state index contributed by atoms with van der Waals surface area (Å²) in [4.78, 5) is 11.0. The molecule has 46 heavy (non-hydrogen) atoms. The molecule has 1 aromatic carbocycles. The third-order valence-electron chi connectivity index (χ3n) is 10.9. The maximum Gasteiger partial charge on any atom is 0.303 e. The van der Waals surface area contributed by atoms with Crippen molar-refractivity contribution < 1.29 is 23.2 Å². The van der Waals surface area contributed by atoms with Crippen molar-refractivity contribution in [3.63, 3.8) is 0 Å². The van der Waals surface area contributed by atoms with E-state index in [0.29, 0.717) is 18.3 Å². The van der Waals surface area contributed by atoms with Gasteiger partial charge in [0.05, 0.1) is 12.2 Å². The molecule has 264 valence electrons. The van der Waals surface area contributed by atoms with Crippen LogP contribution in [0.4, 0.5) is 0 Å². The third kappa shape index (κ3) is 13.5. The lowest BCUT2D eigenvalue weighted by Crippen LogP contribution is -2.42. The molecule has 5 atom stereocenters. The van der Waals surface area contributed by atoms with Crippen molar-refractivity contribution in [2.24, 2.45) is 11.8 Å². The molecule has 1 aromatic rings. The first-order valence-electron chi connectivity index (χ1n) is 18.8. The van der Waals surface area contributed by atoms with Gasteiger partial charge in [-0.2, -0.15) is 0 Å². The lowest BCUT2D eigenvalue weighted by atomic mass is 9.85. The molecule has 1 fully saturated rings. The number of carboxylic acids is 1. The fourth-order valence-corrected chi connectivity index (χ4v) is 14.6. The highest BCUT2D eigenvalue weighted by Crippen LogP contribution is 2.45. The topological polar surface area (TPSA) is 65.0 Å². The zero-order chi connectivity index (χ0) is 34.2. The van der Waals surface area contributed by atoms with Crippen molar-refractivity contribution in [3.05, 3.63) is 48.0 Å². The molecular formula is C38H70O5Si3. The Balaban J connectivity index is 2.39. The van der Waals surface area contributed by atoms with Crippen LogP contribution in [0.15, 0.2) is 42.5 Å². The Bertz CT molecular complexity index is 987. The molecule has 1 aliphatic rings. The Morgan fingerprint density at radius 2 is 1.41 bits per heavy atom. The Labute approximate surface area is 286 Å². The largest absolute Gasteiger partial charge is 0.481 e. The van der Waals surface area contributed by atoms with Gasteiger partial charge in [-0.25, -0.2) is 0 Å². The van der Waals surface area contributed by atoms with E-state index in [4.69, 9.17) is 18.4 Å². The molecule has 1 saturated carbocycles. The van der Waals surface area contributed by atoms with Crippen LogP contribution < -0.4 is 0 Å². The van der Waals surface area contributed by atoms with Gasteiger partial charge in [-0.05, 0) is 125 Å². The van der Waals surface area contributed by atoms with Crippen LogP contribution in [0, 0.1) is 11.8 Å². The Hall–Kier alpha value is -1.04. The van der Waals surface area contributed by atoms with Crippen molar-refractivity contribution in [1.29, 1.82) is 0 Å². The zero-order valence-corrected chi connectivity index (χ0v) is 34.1. The molecule has 0 aromatic heterocycles. The summed E-state index contributed by atoms with van der Waals surface area (Å²) in [6.07, 6.45) is 13.2. The summed E-state index contributed by atoms with van der Waals surface area (Å²) in [6, 6.07) is 17.9. The lowest BCUT2D eigenvalue weighted by molar-refractivity contribution is -0.137. The van der Waals surface area contributed by atoms with E-state index in [1.54, 1.807) is 0 Å². The second-order valence-electron chi connectivity index (χ2n) is 14.8. The first kappa shape index (κ1) is 41.1. The summed E-state index contributed by atoms with van der Waals surface area (Å²) in [5, 5.41) is 9.08. The Kier molecular flexibility index (Phi) is 18.3. The average Bonchev–Trinajstić information content (AvgIpc) is 3.35. The molecule has 1 aliphatic carbocycles. The molecule has 5 nitrogen and oxygen atoms in total. The van der Waals surface area contributed by atoms with Gasteiger partial charge in [0.15, 0.2) is 25.0 Å². The number of aliphatic carboxylic acids is 1. The van der Waals surface area contributed by atoms with Crippen LogP contribution in [0.2, 0.25) is 55.9 Å². The maximum atomic E-state index is 11.0. The van der Waals surface area contributed by atoms with Crippen LogP contribution in [0.3, 0.4) is 0 Å². The molecule has 0 radical (unpaired) electrons. The van der Waals surface area contributed by atoms with Crippen LogP contribution in [0.1, 0.15) is 98.5 Å². The predicted octanol–water partition coefficient (Wildman–Crippen LogP) is 11.2. The van der Waals surface area contributed by atoms with E-state index in [9.17, 15) is 4.79 Å². The van der Waals surface area contributed by atoms with E-state index >= 15 is 0 Å². The normalized spacial score (nSPS) is 21.7. The summed E-state index contributed by atoms with van der Waals surface area (Å²) >= 11 is 0. The maximum absolute atomic E-state index is 11.0. The number of allylic oxidation sites excluding steroid dienone is 2. The standard InChI is InChI=1S/C38H70O5Si3/c1-10-45(11-2,12-3)41-33(28-27-32-23-19-18-20-24-32)29-30-35-34(25-21-16-17-22-26-38(39)40)37(31-36(35)42-44(7,8)9)43-46(13-4,14-5)15-6/h16,18-21,23-24,33-37H,10-15,17,22,25-31H2,1-9H3,(H,39,40)/b21-16-/t33-,34+,35+,36+,37-/m0/s1. The van der Waals surface area contributed by atoms with Crippen molar-refractivity contribution in [1.82, 2.24) is 0 Å². The second-order valence-corrected chi connectivity index (χ2v) is 28.7. The molecule has 0 aliphatic heterocycles. The number of hydrogen-bond acceptors (Lipinski definition) is 4. The number of benzene rings is 1. The molecule has 0 amide bonds. The average molecular weight is 691 g/mol. The van der Waals surface area contributed by atoms with Crippen molar-refractivity contribution in [3.8, 4) is 0 Å². The van der Waals surface area contributed by atoms with Gasteiger partial charge in [-0.3, -0.25) is 4.79 Å². The molecule has 0 bridgehead atoms. The Morgan fingerprint density at radius 3 is 1.96 bits per heavy atom. The molecule has 8 heteroatoms. The summed E-state index contributed by atoms with van der Waals surface area (Å²) in [7, 11) is -5.36. The first-order valence-corrected chi connectivity index (χ1v) is 27.3. The summed E-state index contributed by atoms with van der Waals surface area (Å²) in [5.41, 5.74) is 1.40. The number of aryl methyl sites for hydroxylation is 1. The third-order valence-corrected chi connectivity index (χ3v) is 21.3. The fourth-order valence-electron chi connectivity index (χ4n) is 7.61. The van der Waals surface area contributed by atoms with E-state index in [1.807, 2.05) is 0 Å². The van der Waals surface area contributed by atoms with Crippen LogP contribution in [0.25, 0.3) is 0 Å². The van der Waals surface area contributed by atoms with Crippen LogP contribution in [0.5, 0.6) is 0 Å². The molecular weight excluding hydrogens is 621 g/mol. The van der Waals surface area contributed by atoms with Gasteiger partial charge in [0.25, 0.3) is 0 Å². The summed E-state index contributed by atoms with van der Waals surface area (Å²) in [6.45, 7) is 21.0. The number of rotatable bonds is 24. The number of carboxylic acid groups (broad SMARTS) is 1. The smallest absolute Gasteiger partial charge is 0.303 e. The molecule has 0 heterocycles. The number of unbranched alkanes of at least 4 members (excludes halogenated alkanes) is 1. The van der Waals surface area contributed by atoms with E-state index < -0.39 is 30.9 Å². The van der Waals surface area contributed by atoms with E-state index in [2.05, 4.69) is 104 Å². The van der Waals surface area contributed by atoms with E-state index in [1.165, 1.54) is 23.7 Å². The highest BCUT2D eigenvalue weighted by Gasteiger charge is 2.48. The summed E-state index contributed by atoms with van der Waals surface area (Å²) < 4.78 is 21.6. The predicted molar refractivity (Wildman–Crippen MR) is 203 cm³/mol. The second kappa shape index (κ2) is 20.5. The van der Waals surface area contributed by atoms with Crippen molar-refractivity contribution >= 4 is 30.9 Å². The van der Waals surface area contributed by atoms with Gasteiger partial charge in [-0.1, -0.05) is 84.0 Å². The Morgan fingerprint density at radius 1 is 0.826 bits per heavy atom. The minimum Gasteiger partial charge on any atom is -0.481 e. The van der Waals surface area contributed by atoms with Crippen molar-refractivity contribution in [2.45, 2.75) is 174 Å². The van der Waals surface area contributed by atoms with Crippen LogP contribution in [-0.2, 0) is 24.5 Å². The SMILES string of the molecule is CC[Si](CC)(CC)O[C@@H](CCc1ccccc1)CC[C@@H]1[C@@H](C/C=C\CCCC(=O)O)[C@@H](O[Si](CC)(CC)CC)C[C@H]1O[Si](C)(C)C. The quantitative estimate of drug-likeness (QED) is 0.0664. The van der Waals surface area contributed by atoms with E-state index in [-0.39, 0.29) is 24.7 Å². The molecule has 1 N–H and O–H groups in total. The van der Waals surface area contributed by atoms with Gasteiger partial charge in [-0.15, -0.1) is 0 Å². The fraction of sp³-hybridized carbons (Fsp3) is 0.763. The van der Waals surface area contributed by atoms with Crippen LogP contribution in [-0.4, -0.2) is 54.3 Å². The van der Waals surface area contributed by atoms with Crippen LogP contribution >= 0.6 is 0 Å². The van der Waals surface area contributed by atoms with E-state index in [0.717, 1.165) is 63.1 Å². The minimum absolute atomic E-state index is 0.222. The molecule has 0 unspecified atom stereocenters. The molecule has 0 saturated heterocycles. The van der Waals surface area contributed by atoms with Gasteiger partial charge < -0.3 is 18.4 Å². The minimum atomic E-state index is -1.81. The van der Waals surface area contributed by atoms with Gasteiger partial charge >= 0.3 is 5.97 Å². The highest BCUT2D eigenvalue weighted by atomic mass is 28.4. The number of carbonyl (C=O) groups is 1. The van der Waals surface area contributed by atoms with Gasteiger partial charge in [0.1, 0.15) is 0 Å². The lowest BCUT2D eigenvalue weighted by Gasteiger charge is -2.36. The highest BCUT2D eigenvalue weighted by molar-refractivity contribution is 6.74. The number of hydrogen-bond donors (Lipinski definition) is 1. The van der Waals surface area contributed by atoms with Gasteiger partial charge in [0, 0.05) is 12.5 Å².